The molecule has 0 spiro atoms. The predicted octanol–water partition coefficient (Wildman–Crippen LogP) is 2.20. The van der Waals surface area contributed by atoms with E-state index in [-0.39, 0.29) is 23.5 Å². The van der Waals surface area contributed by atoms with Crippen molar-refractivity contribution in [3.63, 3.8) is 0 Å². The van der Waals surface area contributed by atoms with Crippen LogP contribution in [0.1, 0.15) is 28.9 Å². The van der Waals surface area contributed by atoms with Crippen molar-refractivity contribution in [2.75, 3.05) is 13.2 Å². The Bertz CT molecular complexity index is 621. The van der Waals surface area contributed by atoms with Gasteiger partial charge in [-0.05, 0) is 18.9 Å². The van der Waals surface area contributed by atoms with Crippen LogP contribution in [-0.2, 0) is 11.3 Å². The second-order valence-corrected chi connectivity index (χ2v) is 5.33. The second kappa shape index (κ2) is 6.62. The van der Waals surface area contributed by atoms with Crippen LogP contribution in [0.5, 0.6) is 5.75 Å². The number of hydrogen-bond donors (Lipinski definition) is 1. The van der Waals surface area contributed by atoms with Gasteiger partial charge in [-0.2, -0.15) is 0 Å². The summed E-state index contributed by atoms with van der Waals surface area (Å²) < 4.78 is 10.4. The van der Waals surface area contributed by atoms with E-state index in [4.69, 9.17) is 9.26 Å². The number of phenolic OH excluding ortho intramolecular Hbond substituents is 1. The van der Waals surface area contributed by atoms with E-state index in [9.17, 15) is 9.90 Å². The van der Waals surface area contributed by atoms with Crippen LogP contribution in [0.2, 0.25) is 0 Å². The monoisotopic (exact) mass is 302 g/mol. The van der Waals surface area contributed by atoms with Gasteiger partial charge in [0.15, 0.2) is 5.69 Å². The third-order valence-corrected chi connectivity index (χ3v) is 3.74. The van der Waals surface area contributed by atoms with Crippen molar-refractivity contribution in [1.29, 1.82) is 0 Å². The number of aromatic hydroxyl groups is 1. The van der Waals surface area contributed by atoms with Gasteiger partial charge in [-0.1, -0.05) is 23.4 Å². The van der Waals surface area contributed by atoms with Gasteiger partial charge in [-0.25, -0.2) is 0 Å². The Balaban J connectivity index is 1.79. The van der Waals surface area contributed by atoms with Gasteiger partial charge in [0.25, 0.3) is 5.91 Å². The number of amides is 1. The van der Waals surface area contributed by atoms with Gasteiger partial charge in [0.1, 0.15) is 12.0 Å². The molecule has 0 radical (unpaired) electrons. The fraction of sp³-hybridized carbons (Fsp3) is 0.375. The number of phenols is 1. The highest BCUT2D eigenvalue weighted by Gasteiger charge is 2.25. The number of aromatic nitrogens is 1. The van der Waals surface area contributed by atoms with Crippen LogP contribution in [0.15, 0.2) is 41.1 Å². The highest BCUT2D eigenvalue weighted by atomic mass is 16.5. The lowest BCUT2D eigenvalue weighted by molar-refractivity contribution is 0.0498. The number of carbonyl (C=O) groups excluding carboxylic acids is 1. The van der Waals surface area contributed by atoms with E-state index >= 15 is 0 Å². The third-order valence-electron chi connectivity index (χ3n) is 3.74. The number of nitrogens with zero attached hydrogens (tertiary/aromatic N) is 2. The molecule has 1 N–H and O–H groups in total. The Hall–Kier alpha value is -2.34. The molecule has 1 aromatic heterocycles. The lowest BCUT2D eigenvalue weighted by atomic mass is 10.1. The van der Waals surface area contributed by atoms with Crippen molar-refractivity contribution < 1.29 is 19.2 Å². The molecule has 2 heterocycles. The highest BCUT2D eigenvalue weighted by Crippen LogP contribution is 2.21. The molecule has 1 atom stereocenters. The number of ether oxygens (including phenoxy) is 1. The first-order valence-corrected chi connectivity index (χ1v) is 7.32. The van der Waals surface area contributed by atoms with Crippen LogP contribution < -0.4 is 0 Å². The zero-order valence-corrected chi connectivity index (χ0v) is 12.1. The van der Waals surface area contributed by atoms with Crippen molar-refractivity contribution in [2.24, 2.45) is 0 Å². The summed E-state index contributed by atoms with van der Waals surface area (Å²) in [5, 5.41) is 13.6. The van der Waals surface area contributed by atoms with Gasteiger partial charge < -0.3 is 19.3 Å². The lowest BCUT2D eigenvalue weighted by Gasteiger charge is -2.25. The molecule has 0 aliphatic carbocycles. The van der Waals surface area contributed by atoms with E-state index in [1.54, 1.807) is 23.1 Å². The predicted molar refractivity (Wildman–Crippen MR) is 78.3 cm³/mol. The minimum atomic E-state index is -0.229. The zero-order chi connectivity index (χ0) is 15.4. The Kier molecular flexibility index (Phi) is 4.39. The summed E-state index contributed by atoms with van der Waals surface area (Å²) in [6.45, 7) is 1.51. The molecule has 1 saturated heterocycles. The number of benzene rings is 1. The van der Waals surface area contributed by atoms with Gasteiger partial charge in [0.05, 0.1) is 6.10 Å². The topological polar surface area (TPSA) is 75.8 Å². The number of carbonyl (C=O) groups is 1. The van der Waals surface area contributed by atoms with Crippen LogP contribution in [0.25, 0.3) is 0 Å². The molecule has 116 valence electrons. The minimum absolute atomic E-state index is 0.0294. The largest absolute Gasteiger partial charge is 0.508 e. The Labute approximate surface area is 128 Å². The van der Waals surface area contributed by atoms with Gasteiger partial charge in [-0.3, -0.25) is 4.79 Å². The smallest absolute Gasteiger partial charge is 0.276 e. The first-order chi connectivity index (χ1) is 10.7. The van der Waals surface area contributed by atoms with Crippen molar-refractivity contribution in [1.82, 2.24) is 10.1 Å². The summed E-state index contributed by atoms with van der Waals surface area (Å²) >= 11 is 0. The molecule has 1 aromatic carbocycles. The van der Waals surface area contributed by atoms with E-state index in [1.165, 1.54) is 12.3 Å². The molecule has 0 bridgehead atoms. The van der Waals surface area contributed by atoms with Crippen LogP contribution in [0.4, 0.5) is 0 Å². The van der Waals surface area contributed by atoms with Crippen LogP contribution in [0.3, 0.4) is 0 Å². The first kappa shape index (κ1) is 14.6. The summed E-state index contributed by atoms with van der Waals surface area (Å²) in [4.78, 5) is 14.2. The average molecular weight is 302 g/mol. The highest BCUT2D eigenvalue weighted by molar-refractivity contribution is 5.92. The summed E-state index contributed by atoms with van der Waals surface area (Å²) in [7, 11) is 0. The molecule has 6 heteroatoms. The maximum atomic E-state index is 12.6. The summed E-state index contributed by atoms with van der Waals surface area (Å²) in [5.74, 6) is -0.0553. The molecule has 1 unspecified atom stereocenters. The molecule has 2 aromatic rings. The Morgan fingerprint density at radius 1 is 1.36 bits per heavy atom. The van der Waals surface area contributed by atoms with E-state index in [1.807, 2.05) is 6.07 Å². The normalized spacial score (nSPS) is 17.5. The lowest BCUT2D eigenvalue weighted by Crippen LogP contribution is -2.37. The molecule has 1 aliphatic heterocycles. The number of rotatable bonds is 5. The number of para-hydroxylation sites is 1. The van der Waals surface area contributed by atoms with E-state index < -0.39 is 0 Å². The van der Waals surface area contributed by atoms with E-state index in [2.05, 4.69) is 5.16 Å². The van der Waals surface area contributed by atoms with Gasteiger partial charge in [-0.15, -0.1) is 0 Å². The average Bonchev–Trinajstić information content (AvgIpc) is 3.21. The summed E-state index contributed by atoms with van der Waals surface area (Å²) in [5.41, 5.74) is 0.950. The second-order valence-electron chi connectivity index (χ2n) is 5.33. The van der Waals surface area contributed by atoms with Crippen molar-refractivity contribution in [2.45, 2.75) is 25.5 Å². The molecule has 1 amide bonds. The van der Waals surface area contributed by atoms with Crippen molar-refractivity contribution in [3.05, 3.63) is 47.9 Å². The van der Waals surface area contributed by atoms with Crippen LogP contribution >= 0.6 is 0 Å². The van der Waals surface area contributed by atoms with Gasteiger partial charge >= 0.3 is 0 Å². The molecule has 22 heavy (non-hydrogen) atoms. The first-order valence-electron chi connectivity index (χ1n) is 7.32. The SMILES string of the molecule is O=C(c1ccon1)N(Cc1ccccc1O)CC1CCCO1. The van der Waals surface area contributed by atoms with E-state index in [0.717, 1.165) is 19.4 Å². The molecule has 6 nitrogen and oxygen atoms in total. The maximum Gasteiger partial charge on any atom is 0.276 e. The standard InChI is InChI=1S/C16H18N2O4/c19-15-6-2-1-4-12(15)10-18(11-13-5-3-8-21-13)16(20)14-7-9-22-17-14/h1-2,4,6-7,9,13,19H,3,5,8,10-11H2. The Morgan fingerprint density at radius 2 is 2.23 bits per heavy atom. The van der Waals surface area contributed by atoms with Crippen LogP contribution in [-0.4, -0.2) is 40.3 Å². The Morgan fingerprint density at radius 3 is 2.91 bits per heavy atom. The zero-order valence-electron chi connectivity index (χ0n) is 12.1. The summed E-state index contributed by atoms with van der Waals surface area (Å²) in [6.07, 6.45) is 3.34. The fourth-order valence-electron chi connectivity index (χ4n) is 2.59. The van der Waals surface area contributed by atoms with Gasteiger partial charge in [0.2, 0.25) is 0 Å². The van der Waals surface area contributed by atoms with Gasteiger partial charge in [0, 0.05) is 31.3 Å². The van der Waals surface area contributed by atoms with E-state index in [0.29, 0.717) is 18.7 Å². The van der Waals surface area contributed by atoms with Crippen LogP contribution in [0, 0.1) is 0 Å². The molecule has 1 aliphatic rings. The molecule has 3 rings (SSSR count). The molecule has 1 fully saturated rings. The van der Waals surface area contributed by atoms with Crippen molar-refractivity contribution in [3.8, 4) is 5.75 Å². The third kappa shape index (κ3) is 3.28. The summed E-state index contributed by atoms with van der Waals surface area (Å²) in [6, 6.07) is 8.53. The molecular formula is C16H18N2O4. The molecular weight excluding hydrogens is 284 g/mol. The number of hydrogen-bond acceptors (Lipinski definition) is 5. The fourth-order valence-corrected chi connectivity index (χ4v) is 2.59. The molecule has 0 saturated carbocycles. The minimum Gasteiger partial charge on any atom is -0.508 e. The quantitative estimate of drug-likeness (QED) is 0.916. The van der Waals surface area contributed by atoms with Crippen molar-refractivity contribution >= 4 is 5.91 Å². The maximum absolute atomic E-state index is 12.6.